The molecular formula is C19H21N5O3S. The smallest absolute Gasteiger partial charge is 0.258 e. The largest absolute Gasteiger partial charge is 0.290 e. The van der Waals surface area contributed by atoms with Gasteiger partial charge in [0.1, 0.15) is 0 Å². The SMILES string of the molecule is CC1CCCCN1S(=O)(=O)c1ccc(C(=O)Nc2nnc3ccccn23)cc1. The number of carbonyl (C=O) groups is 1. The molecule has 3 aromatic rings. The van der Waals surface area contributed by atoms with E-state index in [2.05, 4.69) is 15.5 Å². The van der Waals surface area contributed by atoms with Crippen molar-refractivity contribution in [2.45, 2.75) is 37.1 Å². The summed E-state index contributed by atoms with van der Waals surface area (Å²) in [5.74, 6) is -0.0760. The third-order valence-corrected chi connectivity index (χ3v) is 7.03. The molecule has 8 nitrogen and oxygen atoms in total. The topological polar surface area (TPSA) is 96.7 Å². The summed E-state index contributed by atoms with van der Waals surface area (Å²) in [7, 11) is -3.56. The number of nitrogens with zero attached hydrogens (tertiary/aromatic N) is 4. The number of piperidine rings is 1. The summed E-state index contributed by atoms with van der Waals surface area (Å²) >= 11 is 0. The summed E-state index contributed by atoms with van der Waals surface area (Å²) in [4.78, 5) is 12.7. The fraction of sp³-hybridized carbons (Fsp3) is 0.316. The second-order valence-corrected chi connectivity index (χ2v) is 8.78. The van der Waals surface area contributed by atoms with Crippen molar-refractivity contribution in [2.24, 2.45) is 0 Å². The molecule has 0 bridgehead atoms. The molecule has 1 aromatic carbocycles. The fourth-order valence-corrected chi connectivity index (χ4v) is 5.14. The maximum atomic E-state index is 12.9. The third kappa shape index (κ3) is 3.38. The molecule has 146 valence electrons. The van der Waals surface area contributed by atoms with Crippen molar-refractivity contribution >= 4 is 27.5 Å². The first-order chi connectivity index (χ1) is 13.5. The first kappa shape index (κ1) is 18.6. The lowest BCUT2D eigenvalue weighted by Crippen LogP contribution is -2.41. The number of aromatic nitrogens is 3. The van der Waals surface area contributed by atoms with Crippen LogP contribution in [0.4, 0.5) is 5.95 Å². The molecule has 1 saturated heterocycles. The molecule has 1 unspecified atom stereocenters. The highest BCUT2D eigenvalue weighted by Gasteiger charge is 2.30. The lowest BCUT2D eigenvalue weighted by Gasteiger charge is -2.32. The number of nitrogens with one attached hydrogen (secondary N) is 1. The van der Waals surface area contributed by atoms with E-state index in [1.165, 1.54) is 24.3 Å². The Morgan fingerprint density at radius 3 is 2.64 bits per heavy atom. The van der Waals surface area contributed by atoms with Crippen LogP contribution in [0.25, 0.3) is 5.65 Å². The van der Waals surface area contributed by atoms with E-state index in [1.54, 1.807) is 21.0 Å². The van der Waals surface area contributed by atoms with Gasteiger partial charge in [-0.3, -0.25) is 14.5 Å². The Balaban J connectivity index is 1.53. The number of pyridine rings is 1. The third-order valence-electron chi connectivity index (χ3n) is 5.00. The first-order valence-electron chi connectivity index (χ1n) is 9.20. The Hall–Kier alpha value is -2.78. The van der Waals surface area contributed by atoms with Gasteiger partial charge in [-0.15, -0.1) is 10.2 Å². The molecule has 28 heavy (non-hydrogen) atoms. The molecule has 0 aliphatic carbocycles. The Bertz CT molecular complexity index is 1110. The van der Waals surface area contributed by atoms with Gasteiger partial charge in [-0.1, -0.05) is 12.5 Å². The molecule has 0 saturated carbocycles. The number of rotatable bonds is 4. The number of hydrogen-bond donors (Lipinski definition) is 1. The zero-order valence-corrected chi connectivity index (χ0v) is 16.3. The zero-order valence-electron chi connectivity index (χ0n) is 15.4. The monoisotopic (exact) mass is 399 g/mol. The van der Waals surface area contributed by atoms with E-state index in [9.17, 15) is 13.2 Å². The average molecular weight is 399 g/mol. The Kier molecular flexibility index (Phi) is 4.86. The van der Waals surface area contributed by atoms with Gasteiger partial charge in [0.25, 0.3) is 5.91 Å². The molecule has 1 aliphatic rings. The molecule has 2 aromatic heterocycles. The first-order valence-corrected chi connectivity index (χ1v) is 10.6. The number of anilines is 1. The van der Waals surface area contributed by atoms with Crippen LogP contribution in [0, 0.1) is 0 Å². The van der Waals surface area contributed by atoms with Crippen molar-refractivity contribution in [3.05, 3.63) is 54.2 Å². The molecule has 1 aliphatic heterocycles. The summed E-state index contributed by atoms with van der Waals surface area (Å²) < 4.78 is 29.0. The van der Waals surface area contributed by atoms with Gasteiger partial charge in [0.05, 0.1) is 4.90 Å². The number of fused-ring (bicyclic) bond motifs is 1. The minimum absolute atomic E-state index is 0.0112. The lowest BCUT2D eigenvalue weighted by molar-refractivity contribution is 0.102. The molecule has 3 heterocycles. The van der Waals surface area contributed by atoms with E-state index >= 15 is 0 Å². The Morgan fingerprint density at radius 1 is 1.11 bits per heavy atom. The van der Waals surface area contributed by atoms with Crippen LogP contribution >= 0.6 is 0 Å². The lowest BCUT2D eigenvalue weighted by atomic mass is 10.1. The quantitative estimate of drug-likeness (QED) is 0.727. The number of benzene rings is 1. The fourth-order valence-electron chi connectivity index (χ4n) is 3.44. The predicted molar refractivity (Wildman–Crippen MR) is 105 cm³/mol. The molecular weight excluding hydrogens is 378 g/mol. The van der Waals surface area contributed by atoms with Crippen molar-refractivity contribution in [1.82, 2.24) is 18.9 Å². The second kappa shape index (κ2) is 7.33. The van der Waals surface area contributed by atoms with Crippen molar-refractivity contribution in [2.75, 3.05) is 11.9 Å². The standard InChI is InChI=1S/C19H21N5O3S/c1-14-6-2-5-13-24(14)28(26,27)16-10-8-15(9-11-16)18(25)20-19-22-21-17-7-3-4-12-23(17)19/h3-4,7-12,14H,2,5-6,13H2,1H3,(H,20,22,25). The zero-order chi connectivity index (χ0) is 19.7. The van der Waals surface area contributed by atoms with Crippen LogP contribution in [0.5, 0.6) is 0 Å². The molecule has 0 spiro atoms. The number of carbonyl (C=O) groups excluding carboxylic acids is 1. The van der Waals surface area contributed by atoms with E-state index in [4.69, 9.17) is 0 Å². The van der Waals surface area contributed by atoms with E-state index in [0.717, 1.165) is 19.3 Å². The van der Waals surface area contributed by atoms with Gasteiger partial charge in [0.2, 0.25) is 16.0 Å². The van der Waals surface area contributed by atoms with Gasteiger partial charge in [0, 0.05) is 24.3 Å². The minimum Gasteiger partial charge on any atom is -0.290 e. The highest BCUT2D eigenvalue weighted by atomic mass is 32.2. The van der Waals surface area contributed by atoms with Crippen LogP contribution in [-0.2, 0) is 10.0 Å². The van der Waals surface area contributed by atoms with E-state index in [0.29, 0.717) is 23.7 Å². The summed E-state index contributed by atoms with van der Waals surface area (Å²) in [6, 6.07) is 11.4. The van der Waals surface area contributed by atoms with Crippen molar-refractivity contribution in [1.29, 1.82) is 0 Å². The number of sulfonamides is 1. The highest BCUT2D eigenvalue weighted by Crippen LogP contribution is 2.25. The van der Waals surface area contributed by atoms with Crippen LogP contribution in [-0.4, -0.2) is 45.8 Å². The van der Waals surface area contributed by atoms with Crippen molar-refractivity contribution in [3.8, 4) is 0 Å². The molecule has 1 atom stereocenters. The van der Waals surface area contributed by atoms with Crippen LogP contribution in [0.1, 0.15) is 36.5 Å². The van der Waals surface area contributed by atoms with Gasteiger partial charge in [0.15, 0.2) is 5.65 Å². The van der Waals surface area contributed by atoms with Gasteiger partial charge < -0.3 is 0 Å². The maximum Gasteiger partial charge on any atom is 0.258 e. The highest BCUT2D eigenvalue weighted by molar-refractivity contribution is 7.89. The second-order valence-electron chi connectivity index (χ2n) is 6.89. The summed E-state index contributed by atoms with van der Waals surface area (Å²) in [5.41, 5.74) is 0.966. The Morgan fingerprint density at radius 2 is 1.89 bits per heavy atom. The van der Waals surface area contributed by atoms with Gasteiger partial charge in [-0.25, -0.2) is 8.42 Å². The average Bonchev–Trinajstić information content (AvgIpc) is 3.11. The molecule has 0 radical (unpaired) electrons. The van der Waals surface area contributed by atoms with Gasteiger partial charge in [-0.05, 0) is 56.2 Å². The molecule has 1 N–H and O–H groups in total. The van der Waals surface area contributed by atoms with Crippen LogP contribution in [0.15, 0.2) is 53.6 Å². The number of amides is 1. The van der Waals surface area contributed by atoms with Crippen LogP contribution < -0.4 is 5.32 Å². The van der Waals surface area contributed by atoms with E-state index in [-0.39, 0.29) is 16.8 Å². The molecule has 9 heteroatoms. The van der Waals surface area contributed by atoms with Crippen molar-refractivity contribution < 1.29 is 13.2 Å². The van der Waals surface area contributed by atoms with Gasteiger partial charge >= 0.3 is 0 Å². The normalized spacial score (nSPS) is 18.2. The molecule has 1 amide bonds. The summed E-state index contributed by atoms with van der Waals surface area (Å²) in [6.07, 6.45) is 4.53. The summed E-state index contributed by atoms with van der Waals surface area (Å²) in [6.45, 7) is 2.47. The van der Waals surface area contributed by atoms with Crippen LogP contribution in [0.3, 0.4) is 0 Å². The van der Waals surface area contributed by atoms with Crippen LogP contribution in [0.2, 0.25) is 0 Å². The maximum absolute atomic E-state index is 12.9. The molecule has 4 rings (SSSR count). The number of hydrogen-bond acceptors (Lipinski definition) is 5. The summed E-state index contributed by atoms with van der Waals surface area (Å²) in [5, 5.41) is 10.6. The Labute approximate surface area is 163 Å². The van der Waals surface area contributed by atoms with E-state index < -0.39 is 10.0 Å². The minimum atomic E-state index is -3.56. The molecule has 1 fully saturated rings. The van der Waals surface area contributed by atoms with Gasteiger partial charge in [-0.2, -0.15) is 4.31 Å². The van der Waals surface area contributed by atoms with Crippen molar-refractivity contribution in [3.63, 3.8) is 0 Å². The predicted octanol–water partition coefficient (Wildman–Crippen LogP) is 2.54. The van der Waals surface area contributed by atoms with E-state index in [1.807, 2.05) is 19.1 Å².